The van der Waals surface area contributed by atoms with E-state index in [1.807, 2.05) is 6.92 Å². The lowest BCUT2D eigenvalue weighted by Gasteiger charge is -2.06. The van der Waals surface area contributed by atoms with Crippen LogP contribution in [0.15, 0.2) is 12.4 Å². The molecule has 1 rings (SSSR count). The summed E-state index contributed by atoms with van der Waals surface area (Å²) in [6.07, 6.45) is 8.13. The van der Waals surface area contributed by atoms with Gasteiger partial charge in [0.25, 0.3) is 0 Å². The summed E-state index contributed by atoms with van der Waals surface area (Å²) >= 11 is 5.60. The van der Waals surface area contributed by atoms with Crippen molar-refractivity contribution in [1.29, 1.82) is 0 Å². The van der Waals surface area contributed by atoms with Gasteiger partial charge in [-0.2, -0.15) is 0 Å². The Kier molecular flexibility index (Phi) is 6.09. The lowest BCUT2D eigenvalue weighted by molar-refractivity contribution is 0.686. The van der Waals surface area contributed by atoms with E-state index in [0.717, 1.165) is 36.8 Å². The molecule has 0 amide bonds. The molecule has 0 aliphatic rings. The molecule has 0 aliphatic carbocycles. The maximum absolute atomic E-state index is 5.60. The maximum Gasteiger partial charge on any atom is 0.147 e. The second kappa shape index (κ2) is 7.46. The van der Waals surface area contributed by atoms with E-state index < -0.39 is 0 Å². The third-order valence-electron chi connectivity index (χ3n) is 2.23. The Morgan fingerprint density at radius 1 is 1.13 bits per heavy atom. The van der Waals surface area contributed by atoms with Crippen LogP contribution in [0.1, 0.15) is 31.4 Å². The Bertz CT molecular complexity index is 278. The minimum absolute atomic E-state index is 0.775. The van der Waals surface area contributed by atoms with Crippen LogP contribution in [0.5, 0.6) is 0 Å². The van der Waals surface area contributed by atoms with Gasteiger partial charge in [-0.3, -0.25) is 4.98 Å². The summed E-state index contributed by atoms with van der Waals surface area (Å²) in [5.74, 6) is 1.67. The minimum atomic E-state index is 0.775. The molecule has 0 bridgehead atoms. The molecule has 84 valence electrons. The van der Waals surface area contributed by atoms with Gasteiger partial charge < -0.3 is 5.32 Å². The van der Waals surface area contributed by atoms with Crippen molar-refractivity contribution in [2.75, 3.05) is 17.7 Å². The van der Waals surface area contributed by atoms with Gasteiger partial charge in [0.1, 0.15) is 5.82 Å². The minimum Gasteiger partial charge on any atom is -0.369 e. The van der Waals surface area contributed by atoms with Gasteiger partial charge in [0, 0.05) is 24.8 Å². The molecule has 1 aromatic heterocycles. The van der Waals surface area contributed by atoms with E-state index in [4.69, 9.17) is 11.6 Å². The molecule has 0 atom stereocenters. The highest BCUT2D eigenvalue weighted by molar-refractivity contribution is 6.17. The fourth-order valence-electron chi connectivity index (χ4n) is 1.36. The van der Waals surface area contributed by atoms with Crippen LogP contribution in [0.3, 0.4) is 0 Å². The smallest absolute Gasteiger partial charge is 0.147 e. The lowest BCUT2D eigenvalue weighted by atomic mass is 10.2. The fraction of sp³-hybridized carbons (Fsp3) is 0.636. The molecule has 0 saturated heterocycles. The van der Waals surface area contributed by atoms with Crippen LogP contribution in [0.25, 0.3) is 0 Å². The fourth-order valence-corrected chi connectivity index (χ4v) is 1.55. The van der Waals surface area contributed by atoms with Crippen LogP contribution in [-0.2, 0) is 0 Å². The molecule has 0 saturated carbocycles. The van der Waals surface area contributed by atoms with Crippen LogP contribution >= 0.6 is 11.6 Å². The zero-order valence-electron chi connectivity index (χ0n) is 9.17. The summed E-state index contributed by atoms with van der Waals surface area (Å²) in [5, 5.41) is 3.28. The number of hydrogen-bond donors (Lipinski definition) is 1. The predicted molar refractivity (Wildman–Crippen MR) is 64.4 cm³/mol. The molecule has 1 N–H and O–H groups in total. The first-order valence-electron chi connectivity index (χ1n) is 5.42. The number of aryl methyl sites for hydroxylation is 1. The Morgan fingerprint density at radius 3 is 2.60 bits per heavy atom. The molecule has 0 fully saturated rings. The Balaban J connectivity index is 2.12. The molecule has 0 unspecified atom stereocenters. The molecular weight excluding hydrogens is 210 g/mol. The topological polar surface area (TPSA) is 37.8 Å². The van der Waals surface area contributed by atoms with Gasteiger partial charge in [-0.25, -0.2) is 4.98 Å². The van der Waals surface area contributed by atoms with Gasteiger partial charge in [-0.1, -0.05) is 12.8 Å². The summed E-state index contributed by atoms with van der Waals surface area (Å²) in [6.45, 7) is 2.92. The van der Waals surface area contributed by atoms with Gasteiger partial charge in [-0.15, -0.1) is 11.6 Å². The number of halogens is 1. The zero-order valence-corrected chi connectivity index (χ0v) is 9.93. The van der Waals surface area contributed by atoms with Crippen LogP contribution < -0.4 is 5.32 Å². The van der Waals surface area contributed by atoms with Gasteiger partial charge in [-0.05, 0) is 19.8 Å². The number of aromatic nitrogens is 2. The average Bonchev–Trinajstić information content (AvgIpc) is 2.25. The predicted octanol–water partition coefficient (Wildman–Crippen LogP) is 3.00. The van der Waals surface area contributed by atoms with Crippen molar-refractivity contribution in [2.24, 2.45) is 0 Å². The maximum atomic E-state index is 5.60. The van der Waals surface area contributed by atoms with E-state index in [-0.39, 0.29) is 0 Å². The molecule has 0 spiro atoms. The summed E-state index contributed by atoms with van der Waals surface area (Å²) < 4.78 is 0. The zero-order chi connectivity index (χ0) is 10.9. The van der Waals surface area contributed by atoms with E-state index in [1.165, 1.54) is 12.8 Å². The molecule has 1 heterocycles. The lowest BCUT2D eigenvalue weighted by Crippen LogP contribution is -2.05. The van der Waals surface area contributed by atoms with E-state index in [1.54, 1.807) is 12.4 Å². The summed E-state index contributed by atoms with van der Waals surface area (Å²) in [5.41, 5.74) is 0.957. The second-order valence-electron chi connectivity index (χ2n) is 3.52. The standard InChI is InChI=1S/C11H18ClN3/c1-10-11(15-9-8-13-10)14-7-5-3-2-4-6-12/h8-9H,2-7H2,1H3,(H,14,15). The van der Waals surface area contributed by atoms with E-state index in [0.29, 0.717) is 0 Å². The van der Waals surface area contributed by atoms with Gasteiger partial charge in [0.15, 0.2) is 0 Å². The normalized spacial score (nSPS) is 10.3. The number of nitrogens with one attached hydrogen (secondary N) is 1. The van der Waals surface area contributed by atoms with Crippen molar-refractivity contribution < 1.29 is 0 Å². The van der Waals surface area contributed by atoms with Crippen LogP contribution in [0, 0.1) is 6.92 Å². The van der Waals surface area contributed by atoms with Crippen molar-refractivity contribution in [2.45, 2.75) is 32.6 Å². The molecule has 0 radical (unpaired) electrons. The Labute approximate surface area is 96.3 Å². The van der Waals surface area contributed by atoms with Gasteiger partial charge >= 0.3 is 0 Å². The molecule has 0 aliphatic heterocycles. The SMILES string of the molecule is Cc1nccnc1NCCCCCCCl. The summed E-state index contributed by atoms with van der Waals surface area (Å²) in [4.78, 5) is 8.38. The number of nitrogens with zero attached hydrogens (tertiary/aromatic N) is 2. The molecule has 1 aromatic rings. The van der Waals surface area contributed by atoms with Crippen LogP contribution in [-0.4, -0.2) is 22.4 Å². The highest BCUT2D eigenvalue weighted by Crippen LogP contribution is 2.07. The quantitative estimate of drug-likeness (QED) is 0.575. The van der Waals surface area contributed by atoms with Gasteiger partial charge in [0.2, 0.25) is 0 Å². The third kappa shape index (κ3) is 4.98. The van der Waals surface area contributed by atoms with Crippen LogP contribution in [0.2, 0.25) is 0 Å². The number of anilines is 1. The average molecular weight is 228 g/mol. The van der Waals surface area contributed by atoms with Crippen molar-refractivity contribution in [3.8, 4) is 0 Å². The second-order valence-corrected chi connectivity index (χ2v) is 3.90. The first-order chi connectivity index (χ1) is 7.34. The monoisotopic (exact) mass is 227 g/mol. The van der Waals surface area contributed by atoms with Gasteiger partial charge in [0.05, 0.1) is 5.69 Å². The van der Waals surface area contributed by atoms with E-state index in [9.17, 15) is 0 Å². The molecular formula is C11H18ClN3. The summed E-state index contributed by atoms with van der Waals surface area (Å²) in [6, 6.07) is 0. The number of hydrogen-bond acceptors (Lipinski definition) is 3. The van der Waals surface area contributed by atoms with E-state index in [2.05, 4.69) is 15.3 Å². The van der Waals surface area contributed by atoms with E-state index >= 15 is 0 Å². The Hall–Kier alpha value is -0.830. The number of unbranched alkanes of at least 4 members (excludes halogenated alkanes) is 3. The third-order valence-corrected chi connectivity index (χ3v) is 2.50. The molecule has 0 aromatic carbocycles. The highest BCUT2D eigenvalue weighted by Gasteiger charge is 1.97. The van der Waals surface area contributed by atoms with Crippen molar-refractivity contribution in [1.82, 2.24) is 9.97 Å². The molecule has 15 heavy (non-hydrogen) atoms. The largest absolute Gasteiger partial charge is 0.369 e. The number of alkyl halides is 1. The summed E-state index contributed by atoms with van der Waals surface area (Å²) in [7, 11) is 0. The highest BCUT2D eigenvalue weighted by atomic mass is 35.5. The Morgan fingerprint density at radius 2 is 1.87 bits per heavy atom. The first-order valence-corrected chi connectivity index (χ1v) is 5.95. The molecule has 4 heteroatoms. The first kappa shape index (κ1) is 12.2. The number of rotatable bonds is 7. The molecule has 3 nitrogen and oxygen atoms in total. The van der Waals surface area contributed by atoms with Crippen molar-refractivity contribution in [3.63, 3.8) is 0 Å². The van der Waals surface area contributed by atoms with Crippen molar-refractivity contribution >= 4 is 17.4 Å². The van der Waals surface area contributed by atoms with Crippen molar-refractivity contribution in [3.05, 3.63) is 18.1 Å². The van der Waals surface area contributed by atoms with Crippen LogP contribution in [0.4, 0.5) is 5.82 Å².